The van der Waals surface area contributed by atoms with E-state index in [-0.39, 0.29) is 0 Å². The molecule has 0 atom stereocenters. The van der Waals surface area contributed by atoms with E-state index in [4.69, 9.17) is 0 Å². The number of hydrogen-bond donors (Lipinski definition) is 1. The largest absolute Gasteiger partial charge is 0.353 e. The molecule has 6 heteroatoms. The lowest BCUT2D eigenvalue weighted by Crippen LogP contribution is -2.06. The number of fused-ring (bicyclic) bond motifs is 1. The summed E-state index contributed by atoms with van der Waals surface area (Å²) >= 11 is 1.68. The quantitative estimate of drug-likeness (QED) is 0.793. The van der Waals surface area contributed by atoms with Gasteiger partial charge in [-0.25, -0.2) is 9.50 Å². The van der Waals surface area contributed by atoms with Crippen LogP contribution in [0.25, 0.3) is 5.65 Å². The molecule has 0 aliphatic carbocycles. The number of aryl methyl sites for hydroxylation is 2. The molecule has 0 radical (unpaired) electrons. The van der Waals surface area contributed by atoms with Crippen LogP contribution in [-0.2, 0) is 6.42 Å². The van der Waals surface area contributed by atoms with E-state index in [9.17, 15) is 0 Å². The van der Waals surface area contributed by atoms with E-state index in [1.54, 1.807) is 15.9 Å². The molecule has 0 saturated carbocycles. The lowest BCUT2D eigenvalue weighted by atomic mass is 10.3. The SMILES string of the molecule is Cc1ccn2nc(NCCc3csc(C)n3)nc2c1. The third-order valence-corrected chi connectivity index (χ3v) is 3.65. The Hall–Kier alpha value is -1.95. The molecule has 0 bridgehead atoms. The van der Waals surface area contributed by atoms with E-state index in [1.165, 1.54) is 5.56 Å². The Morgan fingerprint density at radius 2 is 2.21 bits per heavy atom. The van der Waals surface area contributed by atoms with Crippen molar-refractivity contribution in [2.45, 2.75) is 20.3 Å². The van der Waals surface area contributed by atoms with Crippen LogP contribution >= 0.6 is 11.3 Å². The van der Waals surface area contributed by atoms with Gasteiger partial charge >= 0.3 is 0 Å². The zero-order valence-corrected chi connectivity index (χ0v) is 11.7. The van der Waals surface area contributed by atoms with Crippen LogP contribution in [0.15, 0.2) is 23.7 Å². The third kappa shape index (κ3) is 2.73. The molecule has 1 N–H and O–H groups in total. The van der Waals surface area contributed by atoms with Crippen LogP contribution in [0.4, 0.5) is 5.95 Å². The minimum atomic E-state index is 0.664. The maximum Gasteiger partial charge on any atom is 0.243 e. The van der Waals surface area contributed by atoms with Gasteiger partial charge in [-0.3, -0.25) is 0 Å². The smallest absolute Gasteiger partial charge is 0.243 e. The van der Waals surface area contributed by atoms with Crippen molar-refractivity contribution in [3.8, 4) is 0 Å². The summed E-state index contributed by atoms with van der Waals surface area (Å²) in [4.78, 5) is 8.86. The van der Waals surface area contributed by atoms with Crippen molar-refractivity contribution in [2.24, 2.45) is 0 Å². The molecular formula is C13H15N5S. The Morgan fingerprint density at radius 3 is 3.00 bits per heavy atom. The Bertz CT molecular complexity index is 700. The fraction of sp³-hybridized carbons (Fsp3) is 0.308. The molecule has 98 valence electrons. The Morgan fingerprint density at radius 1 is 1.32 bits per heavy atom. The summed E-state index contributed by atoms with van der Waals surface area (Å²) in [7, 11) is 0. The van der Waals surface area contributed by atoms with Gasteiger partial charge in [0.1, 0.15) is 0 Å². The average molecular weight is 273 g/mol. The zero-order chi connectivity index (χ0) is 13.2. The minimum absolute atomic E-state index is 0.664. The van der Waals surface area contributed by atoms with E-state index in [0.29, 0.717) is 5.95 Å². The standard InChI is InChI=1S/C13H15N5S/c1-9-4-6-18-12(7-9)16-13(17-18)14-5-3-11-8-19-10(2)15-11/h4,6-8H,3,5H2,1-2H3,(H,14,17). The van der Waals surface area contributed by atoms with Crippen molar-refractivity contribution >= 4 is 22.9 Å². The van der Waals surface area contributed by atoms with Gasteiger partial charge < -0.3 is 5.32 Å². The van der Waals surface area contributed by atoms with Crippen molar-refractivity contribution in [2.75, 3.05) is 11.9 Å². The Kier molecular flexibility index (Phi) is 3.16. The third-order valence-electron chi connectivity index (χ3n) is 2.82. The average Bonchev–Trinajstić information content (AvgIpc) is 2.95. The van der Waals surface area contributed by atoms with Gasteiger partial charge in [0.15, 0.2) is 5.65 Å². The molecule has 0 saturated heterocycles. The van der Waals surface area contributed by atoms with Crippen LogP contribution in [0.5, 0.6) is 0 Å². The summed E-state index contributed by atoms with van der Waals surface area (Å²) in [6.07, 6.45) is 2.81. The molecule has 3 heterocycles. The van der Waals surface area contributed by atoms with Crippen LogP contribution in [0.3, 0.4) is 0 Å². The predicted molar refractivity (Wildman–Crippen MR) is 76.8 cm³/mol. The Labute approximate surface area is 115 Å². The fourth-order valence-corrected chi connectivity index (χ4v) is 2.53. The van der Waals surface area contributed by atoms with Crippen LogP contribution in [0.2, 0.25) is 0 Å². The molecule has 0 aromatic carbocycles. The van der Waals surface area contributed by atoms with Crippen LogP contribution < -0.4 is 5.32 Å². The van der Waals surface area contributed by atoms with Gasteiger partial charge in [0, 0.05) is 24.5 Å². The number of nitrogens with zero attached hydrogens (tertiary/aromatic N) is 4. The highest BCUT2D eigenvalue weighted by atomic mass is 32.1. The summed E-state index contributed by atoms with van der Waals surface area (Å²) in [6, 6.07) is 4.03. The highest BCUT2D eigenvalue weighted by Crippen LogP contribution is 2.10. The number of hydrogen-bond acceptors (Lipinski definition) is 5. The van der Waals surface area contributed by atoms with Gasteiger partial charge in [0.05, 0.1) is 10.7 Å². The molecule has 3 rings (SSSR count). The first-order valence-electron chi connectivity index (χ1n) is 6.18. The first-order chi connectivity index (χ1) is 9.20. The second kappa shape index (κ2) is 4.97. The van der Waals surface area contributed by atoms with Gasteiger partial charge in [0.25, 0.3) is 0 Å². The van der Waals surface area contributed by atoms with E-state index in [2.05, 4.69) is 25.8 Å². The molecule has 3 aromatic rings. The van der Waals surface area contributed by atoms with Crippen LogP contribution in [0, 0.1) is 13.8 Å². The van der Waals surface area contributed by atoms with Gasteiger partial charge in [-0.2, -0.15) is 4.98 Å². The lowest BCUT2D eigenvalue weighted by molar-refractivity contribution is 0.922. The van der Waals surface area contributed by atoms with Gasteiger partial charge in [0.2, 0.25) is 5.95 Å². The second-order valence-corrected chi connectivity index (χ2v) is 5.54. The summed E-state index contributed by atoms with van der Waals surface area (Å²) in [5, 5.41) is 10.8. The maximum atomic E-state index is 4.43. The van der Waals surface area contributed by atoms with Gasteiger partial charge in [-0.15, -0.1) is 16.4 Å². The highest BCUT2D eigenvalue weighted by molar-refractivity contribution is 7.09. The number of pyridine rings is 1. The molecular weight excluding hydrogens is 258 g/mol. The number of rotatable bonds is 4. The van der Waals surface area contributed by atoms with Gasteiger partial charge in [-0.05, 0) is 31.5 Å². The molecule has 19 heavy (non-hydrogen) atoms. The minimum Gasteiger partial charge on any atom is -0.353 e. The zero-order valence-electron chi connectivity index (χ0n) is 10.9. The summed E-state index contributed by atoms with van der Waals surface area (Å²) in [5.41, 5.74) is 3.17. The highest BCUT2D eigenvalue weighted by Gasteiger charge is 2.03. The predicted octanol–water partition coefficient (Wildman–Crippen LogP) is 2.46. The number of thiazole rings is 1. The number of anilines is 1. The second-order valence-electron chi connectivity index (χ2n) is 4.48. The van der Waals surface area contributed by atoms with Crippen molar-refractivity contribution in [3.63, 3.8) is 0 Å². The molecule has 0 spiro atoms. The van der Waals surface area contributed by atoms with Crippen molar-refractivity contribution in [1.29, 1.82) is 0 Å². The topological polar surface area (TPSA) is 55.1 Å². The van der Waals surface area contributed by atoms with Crippen molar-refractivity contribution < 1.29 is 0 Å². The van der Waals surface area contributed by atoms with Crippen LogP contribution in [-0.4, -0.2) is 26.1 Å². The molecule has 5 nitrogen and oxygen atoms in total. The number of nitrogens with one attached hydrogen (secondary N) is 1. The van der Waals surface area contributed by atoms with E-state index >= 15 is 0 Å². The molecule has 3 aromatic heterocycles. The van der Waals surface area contributed by atoms with E-state index < -0.39 is 0 Å². The van der Waals surface area contributed by atoms with Crippen molar-refractivity contribution in [3.05, 3.63) is 40.0 Å². The molecule has 0 aliphatic heterocycles. The fourth-order valence-electron chi connectivity index (χ4n) is 1.88. The van der Waals surface area contributed by atoms with E-state index in [0.717, 1.165) is 29.3 Å². The van der Waals surface area contributed by atoms with E-state index in [1.807, 2.05) is 32.2 Å². The van der Waals surface area contributed by atoms with Crippen molar-refractivity contribution in [1.82, 2.24) is 19.6 Å². The normalized spacial score (nSPS) is 11.1. The molecule has 0 amide bonds. The summed E-state index contributed by atoms with van der Waals surface area (Å²) in [6.45, 7) is 4.86. The Balaban J connectivity index is 1.65. The summed E-state index contributed by atoms with van der Waals surface area (Å²) < 4.78 is 1.78. The first-order valence-corrected chi connectivity index (χ1v) is 7.06. The van der Waals surface area contributed by atoms with Gasteiger partial charge in [-0.1, -0.05) is 0 Å². The lowest BCUT2D eigenvalue weighted by Gasteiger charge is -1.98. The summed E-state index contributed by atoms with van der Waals surface area (Å²) in [5.74, 6) is 0.664. The van der Waals surface area contributed by atoms with Crippen LogP contribution in [0.1, 0.15) is 16.3 Å². The molecule has 0 aliphatic rings. The first kappa shape index (κ1) is 12.1. The monoisotopic (exact) mass is 273 g/mol. The maximum absolute atomic E-state index is 4.43. The molecule has 0 unspecified atom stereocenters. The number of aromatic nitrogens is 4. The molecule has 0 fully saturated rings.